The third-order valence-corrected chi connectivity index (χ3v) is 3.82. The number of ether oxygens (including phenoxy) is 2. The van der Waals surface area contributed by atoms with E-state index in [1.54, 1.807) is 0 Å². The van der Waals surface area contributed by atoms with E-state index in [0.29, 0.717) is 6.42 Å². The smallest absolute Gasteiger partial charge is 0.107 e. The van der Waals surface area contributed by atoms with Crippen molar-refractivity contribution in [3.8, 4) is 0 Å². The summed E-state index contributed by atoms with van der Waals surface area (Å²) in [7, 11) is 0. The lowest BCUT2D eigenvalue weighted by Gasteiger charge is -2.11. The molecular formula is C13H26O6. The van der Waals surface area contributed by atoms with Crippen molar-refractivity contribution in [1.82, 2.24) is 0 Å². The van der Waals surface area contributed by atoms with Crippen LogP contribution in [0, 0.1) is 5.92 Å². The molecule has 0 aromatic carbocycles. The number of hydrogen-bond acceptors (Lipinski definition) is 6. The summed E-state index contributed by atoms with van der Waals surface area (Å²) >= 11 is 0. The summed E-state index contributed by atoms with van der Waals surface area (Å²) in [5.41, 5.74) is 0. The van der Waals surface area contributed by atoms with Gasteiger partial charge in [-0.2, -0.15) is 0 Å². The van der Waals surface area contributed by atoms with E-state index in [1.165, 1.54) is 0 Å². The monoisotopic (exact) mass is 278 g/mol. The second-order valence-corrected chi connectivity index (χ2v) is 5.38. The van der Waals surface area contributed by atoms with Gasteiger partial charge < -0.3 is 29.9 Å². The lowest BCUT2D eigenvalue weighted by molar-refractivity contribution is -0.0170. The lowest BCUT2D eigenvalue weighted by atomic mass is 10.00. The molecule has 2 aliphatic rings. The summed E-state index contributed by atoms with van der Waals surface area (Å²) in [5, 5.41) is 35.7. The molecule has 0 spiro atoms. The average Bonchev–Trinajstić information content (AvgIpc) is 2.83. The Morgan fingerprint density at radius 3 is 1.74 bits per heavy atom. The van der Waals surface area contributed by atoms with Gasteiger partial charge >= 0.3 is 0 Å². The second kappa shape index (κ2) is 7.52. The first-order valence-electron chi connectivity index (χ1n) is 6.79. The molecule has 0 aromatic heterocycles. The third-order valence-electron chi connectivity index (χ3n) is 3.82. The van der Waals surface area contributed by atoms with E-state index in [2.05, 4.69) is 0 Å². The first-order valence-corrected chi connectivity index (χ1v) is 6.79. The molecule has 2 aliphatic heterocycles. The van der Waals surface area contributed by atoms with Gasteiger partial charge in [-0.1, -0.05) is 6.92 Å². The van der Waals surface area contributed by atoms with Crippen molar-refractivity contribution < 1.29 is 29.9 Å². The van der Waals surface area contributed by atoms with Crippen molar-refractivity contribution in [1.29, 1.82) is 0 Å². The normalized spacial score (nSPS) is 45.9. The molecule has 19 heavy (non-hydrogen) atoms. The van der Waals surface area contributed by atoms with Crippen LogP contribution in [0.15, 0.2) is 0 Å². The highest BCUT2D eigenvalue weighted by Gasteiger charge is 2.37. The van der Waals surface area contributed by atoms with Crippen molar-refractivity contribution in [3.63, 3.8) is 0 Å². The van der Waals surface area contributed by atoms with Gasteiger partial charge in [-0.25, -0.2) is 0 Å². The molecule has 6 heteroatoms. The maximum absolute atomic E-state index is 9.34. The zero-order chi connectivity index (χ0) is 14.6. The first-order chi connectivity index (χ1) is 8.90. The number of aliphatic hydroxyl groups is 4. The van der Waals surface area contributed by atoms with Gasteiger partial charge in [0.2, 0.25) is 0 Å². The van der Waals surface area contributed by atoms with E-state index in [4.69, 9.17) is 24.8 Å². The van der Waals surface area contributed by atoms with Gasteiger partial charge in [0.05, 0.1) is 37.6 Å². The van der Waals surface area contributed by atoms with Gasteiger partial charge in [-0.05, 0) is 13.8 Å². The Labute approximate surface area is 114 Å². The molecule has 114 valence electrons. The van der Waals surface area contributed by atoms with Crippen LogP contribution in [-0.2, 0) is 9.47 Å². The molecule has 4 N–H and O–H groups in total. The maximum atomic E-state index is 9.34. The second-order valence-electron chi connectivity index (χ2n) is 5.38. The van der Waals surface area contributed by atoms with E-state index in [1.807, 2.05) is 20.8 Å². The quantitative estimate of drug-likeness (QED) is 0.532. The Bertz CT molecular complexity index is 262. The fraction of sp³-hybridized carbons (Fsp3) is 1.00. The molecule has 0 saturated carbocycles. The zero-order valence-electron chi connectivity index (χ0n) is 11.8. The highest BCUT2D eigenvalue weighted by molar-refractivity contribution is 4.85. The Hall–Kier alpha value is -0.240. The minimum atomic E-state index is -0.500. The molecule has 2 heterocycles. The molecule has 0 aromatic rings. The van der Waals surface area contributed by atoms with Crippen LogP contribution < -0.4 is 0 Å². The van der Waals surface area contributed by atoms with Crippen LogP contribution in [0.2, 0.25) is 0 Å². The highest BCUT2D eigenvalue weighted by atomic mass is 16.5. The molecule has 6 nitrogen and oxygen atoms in total. The number of rotatable bonds is 2. The number of aliphatic hydroxyl groups excluding tert-OH is 4. The molecule has 7 atom stereocenters. The topological polar surface area (TPSA) is 99.4 Å². The largest absolute Gasteiger partial charge is 0.394 e. The van der Waals surface area contributed by atoms with E-state index in [0.717, 1.165) is 0 Å². The molecule has 2 saturated heterocycles. The first kappa shape index (κ1) is 16.8. The van der Waals surface area contributed by atoms with Crippen LogP contribution in [0.25, 0.3) is 0 Å². The lowest BCUT2D eigenvalue weighted by Crippen LogP contribution is -2.28. The van der Waals surface area contributed by atoms with Crippen LogP contribution in [0.3, 0.4) is 0 Å². The van der Waals surface area contributed by atoms with E-state index in [-0.39, 0.29) is 43.5 Å². The van der Waals surface area contributed by atoms with Gasteiger partial charge in [0.25, 0.3) is 0 Å². The van der Waals surface area contributed by atoms with Crippen molar-refractivity contribution in [2.24, 2.45) is 5.92 Å². The molecule has 0 aliphatic carbocycles. The van der Waals surface area contributed by atoms with Crippen molar-refractivity contribution in [2.45, 2.75) is 63.8 Å². The number of hydrogen-bond donors (Lipinski definition) is 4. The van der Waals surface area contributed by atoms with Gasteiger partial charge in [0.1, 0.15) is 12.2 Å². The van der Waals surface area contributed by atoms with Gasteiger partial charge in [0, 0.05) is 12.3 Å². The predicted octanol–water partition coefficient (Wildman–Crippen LogP) is -0.720. The molecular weight excluding hydrogens is 252 g/mol. The summed E-state index contributed by atoms with van der Waals surface area (Å²) in [6, 6.07) is 0. The van der Waals surface area contributed by atoms with Crippen molar-refractivity contribution >= 4 is 0 Å². The van der Waals surface area contributed by atoms with Crippen molar-refractivity contribution in [3.05, 3.63) is 0 Å². The van der Waals surface area contributed by atoms with Gasteiger partial charge in [-0.3, -0.25) is 0 Å². The standard InChI is InChI=1S/C7H14O3.C6H12O3/c1-4-5(2)10-6(3-8)7(4)9;1-4-2-5(8)6(3-7)9-4/h4-9H,3H2,1-2H3;4-8H,2-3H2,1H3/t4?,5-,6+,7+;4-,5+,6+/m00/s1. The van der Waals surface area contributed by atoms with Gasteiger partial charge in [0.15, 0.2) is 0 Å². The summed E-state index contributed by atoms with van der Waals surface area (Å²) in [5.74, 6) is 0.136. The Morgan fingerprint density at radius 1 is 0.947 bits per heavy atom. The minimum absolute atomic E-state index is 0.0622. The highest BCUT2D eigenvalue weighted by Crippen LogP contribution is 2.25. The van der Waals surface area contributed by atoms with Crippen LogP contribution in [0.5, 0.6) is 0 Å². The predicted molar refractivity (Wildman–Crippen MR) is 68.6 cm³/mol. The fourth-order valence-electron chi connectivity index (χ4n) is 2.35. The Balaban J connectivity index is 0.000000191. The zero-order valence-corrected chi connectivity index (χ0v) is 11.8. The maximum Gasteiger partial charge on any atom is 0.107 e. The van der Waals surface area contributed by atoms with Crippen LogP contribution in [-0.4, -0.2) is 70.3 Å². The molecule has 0 amide bonds. The van der Waals surface area contributed by atoms with E-state index < -0.39 is 12.2 Å². The van der Waals surface area contributed by atoms with Gasteiger partial charge in [-0.15, -0.1) is 0 Å². The molecule has 1 unspecified atom stereocenters. The molecule has 2 rings (SSSR count). The third kappa shape index (κ3) is 4.37. The molecule has 0 bridgehead atoms. The van der Waals surface area contributed by atoms with Crippen molar-refractivity contribution in [2.75, 3.05) is 13.2 Å². The molecule has 0 radical (unpaired) electrons. The SMILES string of the molecule is CC1[C@H](C)O[C@H](CO)[C@@H]1O.C[C@H]1C[C@@H](O)[C@@H](CO)O1. The summed E-state index contributed by atoms with van der Waals surface area (Å²) in [6.45, 7) is 5.55. The van der Waals surface area contributed by atoms with E-state index in [9.17, 15) is 5.11 Å². The molecule has 2 fully saturated rings. The van der Waals surface area contributed by atoms with Crippen LogP contribution >= 0.6 is 0 Å². The summed E-state index contributed by atoms with van der Waals surface area (Å²) < 4.78 is 10.4. The minimum Gasteiger partial charge on any atom is -0.394 e. The average molecular weight is 278 g/mol. The fourth-order valence-corrected chi connectivity index (χ4v) is 2.35. The van der Waals surface area contributed by atoms with Crippen LogP contribution in [0.4, 0.5) is 0 Å². The van der Waals surface area contributed by atoms with E-state index >= 15 is 0 Å². The Kier molecular flexibility index (Phi) is 6.65. The summed E-state index contributed by atoms with van der Waals surface area (Å²) in [6.07, 6.45) is -0.884. The Morgan fingerprint density at radius 2 is 1.53 bits per heavy atom. The summed E-state index contributed by atoms with van der Waals surface area (Å²) in [4.78, 5) is 0. The van der Waals surface area contributed by atoms with Crippen LogP contribution in [0.1, 0.15) is 27.2 Å².